The molecule has 1 aromatic heterocycles. The average molecular weight is 190 g/mol. The lowest BCUT2D eigenvalue weighted by Crippen LogP contribution is -2.13. The third-order valence-corrected chi connectivity index (χ3v) is 2.48. The second-order valence-corrected chi connectivity index (χ2v) is 3.39. The number of nitrogens with zero attached hydrogens (tertiary/aromatic N) is 2. The Kier molecular flexibility index (Phi) is 1.45. The molecule has 0 aliphatic carbocycles. The molecule has 0 unspecified atom stereocenters. The molecule has 1 aliphatic rings. The van der Waals surface area contributed by atoms with Crippen molar-refractivity contribution < 1.29 is 9.84 Å². The van der Waals surface area contributed by atoms with Gasteiger partial charge in [-0.05, 0) is 18.6 Å². The fourth-order valence-corrected chi connectivity index (χ4v) is 1.82. The van der Waals surface area contributed by atoms with Crippen molar-refractivity contribution in [2.45, 2.75) is 13.0 Å². The summed E-state index contributed by atoms with van der Waals surface area (Å²) in [6, 6.07) is 6.02. The largest absolute Gasteiger partial charge is 0.506 e. The summed E-state index contributed by atoms with van der Waals surface area (Å²) in [5, 5.41) is 9.59. The molecule has 0 amide bonds. The molecular formula is C10H10N2O2. The molecule has 0 atom stereocenters. The highest BCUT2D eigenvalue weighted by molar-refractivity contribution is 5.82. The summed E-state index contributed by atoms with van der Waals surface area (Å²) >= 11 is 0. The van der Waals surface area contributed by atoms with Gasteiger partial charge in [-0.25, -0.2) is 0 Å². The number of phenolic OH excluding ortho intramolecular Hbond substituents is 1. The molecule has 0 bridgehead atoms. The molecule has 1 N–H and O–H groups in total. The first-order valence-electron chi connectivity index (χ1n) is 4.67. The third-order valence-electron chi connectivity index (χ3n) is 2.48. The maximum Gasteiger partial charge on any atom is 0.297 e. The first kappa shape index (κ1) is 7.67. The standard InChI is InChI=1S/C10H10N2O2/c13-8-4-1-3-7-9(8)11-10-12(7)5-2-6-14-10/h1,3-4,13H,2,5-6H2. The summed E-state index contributed by atoms with van der Waals surface area (Å²) in [5.41, 5.74) is 1.57. The molecule has 1 aliphatic heterocycles. The predicted molar refractivity (Wildman–Crippen MR) is 51.5 cm³/mol. The summed E-state index contributed by atoms with van der Waals surface area (Å²) < 4.78 is 7.40. The van der Waals surface area contributed by atoms with Crippen molar-refractivity contribution in [2.75, 3.05) is 6.61 Å². The Labute approximate surface area is 80.7 Å². The zero-order chi connectivity index (χ0) is 9.54. The number of ether oxygens (including phenoxy) is 1. The van der Waals surface area contributed by atoms with Gasteiger partial charge in [0.2, 0.25) is 0 Å². The van der Waals surface area contributed by atoms with Crippen LogP contribution in [0.5, 0.6) is 11.8 Å². The van der Waals surface area contributed by atoms with Gasteiger partial charge in [-0.2, -0.15) is 4.98 Å². The number of aromatic hydroxyl groups is 1. The second-order valence-electron chi connectivity index (χ2n) is 3.39. The molecule has 4 heteroatoms. The van der Waals surface area contributed by atoms with E-state index < -0.39 is 0 Å². The van der Waals surface area contributed by atoms with Crippen LogP contribution in [0.15, 0.2) is 18.2 Å². The Morgan fingerprint density at radius 3 is 3.29 bits per heavy atom. The van der Waals surface area contributed by atoms with Crippen LogP contribution in [0.4, 0.5) is 0 Å². The smallest absolute Gasteiger partial charge is 0.297 e. The first-order chi connectivity index (χ1) is 6.86. The van der Waals surface area contributed by atoms with Crippen LogP contribution in [0, 0.1) is 0 Å². The van der Waals surface area contributed by atoms with Crippen molar-refractivity contribution in [3.63, 3.8) is 0 Å². The highest BCUT2D eigenvalue weighted by atomic mass is 16.5. The molecule has 14 heavy (non-hydrogen) atoms. The number of hydrogen-bond acceptors (Lipinski definition) is 3. The number of imidazole rings is 1. The number of hydrogen-bond donors (Lipinski definition) is 1. The summed E-state index contributed by atoms with van der Waals surface area (Å²) in [6.07, 6.45) is 0.994. The van der Waals surface area contributed by atoms with E-state index in [0.29, 0.717) is 18.1 Å². The van der Waals surface area contributed by atoms with E-state index in [1.807, 2.05) is 16.7 Å². The molecule has 2 aromatic rings. The average Bonchev–Trinajstić information content (AvgIpc) is 2.59. The monoisotopic (exact) mass is 190 g/mol. The Hall–Kier alpha value is -1.71. The Balaban J connectivity index is 2.36. The van der Waals surface area contributed by atoms with Gasteiger partial charge in [0, 0.05) is 6.54 Å². The zero-order valence-corrected chi connectivity index (χ0v) is 7.60. The minimum Gasteiger partial charge on any atom is -0.506 e. The molecule has 1 aromatic carbocycles. The summed E-state index contributed by atoms with van der Waals surface area (Å²) in [5.74, 6) is 0.216. The van der Waals surface area contributed by atoms with Crippen LogP contribution in [-0.2, 0) is 6.54 Å². The lowest BCUT2D eigenvalue weighted by Gasteiger charge is -2.14. The second kappa shape index (κ2) is 2.64. The Morgan fingerprint density at radius 1 is 1.43 bits per heavy atom. The lowest BCUT2D eigenvalue weighted by atomic mass is 10.3. The van der Waals surface area contributed by atoms with Crippen molar-refractivity contribution in [3.8, 4) is 11.8 Å². The van der Waals surface area contributed by atoms with Crippen molar-refractivity contribution in [2.24, 2.45) is 0 Å². The molecule has 0 spiro atoms. The van der Waals surface area contributed by atoms with Crippen LogP contribution < -0.4 is 4.74 Å². The van der Waals surface area contributed by atoms with Gasteiger partial charge in [-0.15, -0.1) is 0 Å². The molecule has 72 valence electrons. The molecule has 3 rings (SSSR count). The number of aryl methyl sites for hydroxylation is 1. The van der Waals surface area contributed by atoms with Gasteiger partial charge in [0.15, 0.2) is 0 Å². The van der Waals surface area contributed by atoms with Crippen LogP contribution in [-0.4, -0.2) is 21.3 Å². The fraction of sp³-hybridized carbons (Fsp3) is 0.300. The van der Waals surface area contributed by atoms with Gasteiger partial charge >= 0.3 is 0 Å². The minimum atomic E-state index is 0.216. The van der Waals surface area contributed by atoms with Crippen molar-refractivity contribution in [1.29, 1.82) is 0 Å². The van der Waals surface area contributed by atoms with E-state index in [2.05, 4.69) is 4.98 Å². The number of benzene rings is 1. The lowest BCUT2D eigenvalue weighted by molar-refractivity contribution is 0.233. The number of phenols is 1. The SMILES string of the molecule is Oc1cccc2c1nc1n2CCCO1. The predicted octanol–water partition coefficient (Wildman–Crippen LogP) is 1.52. The first-order valence-corrected chi connectivity index (χ1v) is 4.67. The van der Waals surface area contributed by atoms with Gasteiger partial charge < -0.3 is 9.84 Å². The number of rotatable bonds is 0. The van der Waals surface area contributed by atoms with Gasteiger partial charge in [0.1, 0.15) is 11.3 Å². The van der Waals surface area contributed by atoms with Crippen LogP contribution in [0.25, 0.3) is 11.0 Å². The van der Waals surface area contributed by atoms with Crippen molar-refractivity contribution in [1.82, 2.24) is 9.55 Å². The van der Waals surface area contributed by atoms with Crippen LogP contribution in [0.3, 0.4) is 0 Å². The number of aromatic nitrogens is 2. The quantitative estimate of drug-likeness (QED) is 0.685. The van der Waals surface area contributed by atoms with E-state index >= 15 is 0 Å². The highest BCUT2D eigenvalue weighted by Crippen LogP contribution is 2.29. The maximum absolute atomic E-state index is 9.59. The van der Waals surface area contributed by atoms with Crippen molar-refractivity contribution in [3.05, 3.63) is 18.2 Å². The van der Waals surface area contributed by atoms with E-state index in [0.717, 1.165) is 18.5 Å². The third kappa shape index (κ3) is 0.907. The molecule has 2 heterocycles. The zero-order valence-electron chi connectivity index (χ0n) is 7.60. The van der Waals surface area contributed by atoms with Gasteiger partial charge in [0.25, 0.3) is 6.01 Å². The molecule has 0 saturated carbocycles. The molecule has 4 nitrogen and oxygen atoms in total. The van der Waals surface area contributed by atoms with Gasteiger partial charge in [-0.1, -0.05) is 6.07 Å². The van der Waals surface area contributed by atoms with E-state index in [1.165, 1.54) is 0 Å². The van der Waals surface area contributed by atoms with E-state index in [1.54, 1.807) is 6.07 Å². The van der Waals surface area contributed by atoms with Crippen LogP contribution in [0.2, 0.25) is 0 Å². The van der Waals surface area contributed by atoms with Crippen LogP contribution >= 0.6 is 0 Å². The molecule has 0 fully saturated rings. The molecule has 0 saturated heterocycles. The summed E-state index contributed by atoms with van der Waals surface area (Å²) in [4.78, 5) is 4.24. The molecule has 0 radical (unpaired) electrons. The Morgan fingerprint density at radius 2 is 2.36 bits per heavy atom. The number of para-hydroxylation sites is 1. The fourth-order valence-electron chi connectivity index (χ4n) is 1.82. The van der Waals surface area contributed by atoms with E-state index in [9.17, 15) is 5.11 Å². The van der Waals surface area contributed by atoms with Gasteiger partial charge in [-0.3, -0.25) is 4.57 Å². The van der Waals surface area contributed by atoms with E-state index in [-0.39, 0.29) is 5.75 Å². The van der Waals surface area contributed by atoms with Gasteiger partial charge in [0.05, 0.1) is 12.1 Å². The molecular weight excluding hydrogens is 180 g/mol. The number of fused-ring (bicyclic) bond motifs is 3. The minimum absolute atomic E-state index is 0.216. The van der Waals surface area contributed by atoms with Crippen LogP contribution in [0.1, 0.15) is 6.42 Å². The van der Waals surface area contributed by atoms with E-state index in [4.69, 9.17) is 4.74 Å². The van der Waals surface area contributed by atoms with Crippen molar-refractivity contribution >= 4 is 11.0 Å². The normalized spacial score (nSPS) is 15.1. The summed E-state index contributed by atoms with van der Waals surface area (Å²) in [6.45, 7) is 1.62. The Bertz CT molecular complexity index is 490. The highest BCUT2D eigenvalue weighted by Gasteiger charge is 2.16. The summed E-state index contributed by atoms with van der Waals surface area (Å²) in [7, 11) is 0. The maximum atomic E-state index is 9.59. The topological polar surface area (TPSA) is 47.3 Å².